The molecule has 0 bridgehead atoms. The van der Waals surface area contributed by atoms with Gasteiger partial charge in [0.25, 0.3) is 11.5 Å². The van der Waals surface area contributed by atoms with E-state index in [1.165, 1.54) is 0 Å². The number of carboxylic acid groups (broad SMARTS) is 1. The highest BCUT2D eigenvalue weighted by Gasteiger charge is 2.10. The van der Waals surface area contributed by atoms with Crippen LogP contribution in [0.5, 0.6) is 0 Å². The van der Waals surface area contributed by atoms with E-state index in [0.717, 1.165) is 17.5 Å². The van der Waals surface area contributed by atoms with Gasteiger partial charge in [-0.3, -0.25) is 14.4 Å². The van der Waals surface area contributed by atoms with Crippen molar-refractivity contribution in [1.82, 2.24) is 15.3 Å². The largest absolute Gasteiger partial charge is 0.481 e. The molecule has 2 aromatic heterocycles. The third-order valence-corrected chi connectivity index (χ3v) is 4.78. The summed E-state index contributed by atoms with van der Waals surface area (Å²) >= 11 is 0. The van der Waals surface area contributed by atoms with E-state index in [2.05, 4.69) is 27.1 Å². The third-order valence-electron chi connectivity index (χ3n) is 4.78. The Kier molecular flexibility index (Phi) is 9.11. The molecular weight excluding hydrogens is 408 g/mol. The van der Waals surface area contributed by atoms with Crippen molar-refractivity contribution >= 4 is 28.6 Å². The Balaban J connectivity index is 0.000000837. The van der Waals surface area contributed by atoms with Crippen LogP contribution < -0.4 is 16.6 Å². The summed E-state index contributed by atoms with van der Waals surface area (Å²) in [7, 11) is 0. The average Bonchev–Trinajstić information content (AvgIpc) is 3.18. The molecule has 0 spiro atoms. The molecule has 6 N–H and O–H groups in total. The number of aromatic nitrogens is 2. The van der Waals surface area contributed by atoms with Crippen molar-refractivity contribution in [2.75, 3.05) is 12.3 Å². The Bertz CT molecular complexity index is 1170. The fraction of sp³-hybridized carbons (Fsp3) is 0.292. The van der Waals surface area contributed by atoms with Gasteiger partial charge in [-0.05, 0) is 56.4 Å². The first-order chi connectivity index (χ1) is 15.3. The summed E-state index contributed by atoms with van der Waals surface area (Å²) in [6, 6.07) is 8.94. The van der Waals surface area contributed by atoms with Crippen molar-refractivity contribution in [3.8, 4) is 11.8 Å². The summed E-state index contributed by atoms with van der Waals surface area (Å²) in [4.78, 5) is 40.3. The van der Waals surface area contributed by atoms with Crippen molar-refractivity contribution in [3.63, 3.8) is 0 Å². The van der Waals surface area contributed by atoms with Crippen LogP contribution in [0.4, 0.5) is 5.82 Å². The van der Waals surface area contributed by atoms with Crippen LogP contribution in [-0.2, 0) is 17.6 Å². The molecule has 8 nitrogen and oxygen atoms in total. The molecule has 0 aliphatic heterocycles. The maximum absolute atomic E-state index is 12.1. The summed E-state index contributed by atoms with van der Waals surface area (Å²) in [5.74, 6) is 4.58. The summed E-state index contributed by atoms with van der Waals surface area (Å²) in [5, 5.41) is 11.9. The fourth-order valence-corrected chi connectivity index (χ4v) is 3.09. The summed E-state index contributed by atoms with van der Waals surface area (Å²) in [6.45, 7) is 3.96. The van der Waals surface area contributed by atoms with Crippen LogP contribution in [-0.4, -0.2) is 33.5 Å². The number of pyridine rings is 1. The minimum atomic E-state index is -0.876. The number of nitrogens with one attached hydrogen (secondary N) is 3. The molecule has 3 aromatic rings. The van der Waals surface area contributed by atoms with Crippen LogP contribution in [0.3, 0.4) is 0 Å². The molecule has 0 unspecified atom stereocenters. The third kappa shape index (κ3) is 7.06. The number of aromatic amines is 2. The predicted octanol–water partition coefficient (Wildman–Crippen LogP) is 2.85. The van der Waals surface area contributed by atoms with Gasteiger partial charge in [-0.15, -0.1) is 11.8 Å². The smallest absolute Gasteiger partial charge is 0.303 e. The molecule has 3 rings (SSSR count). The highest BCUT2D eigenvalue weighted by Crippen LogP contribution is 2.18. The lowest BCUT2D eigenvalue weighted by Crippen LogP contribution is -2.24. The van der Waals surface area contributed by atoms with Gasteiger partial charge < -0.3 is 26.1 Å². The number of carboxylic acids is 1. The number of H-pyrrole nitrogens is 2. The maximum atomic E-state index is 12.1. The molecule has 0 saturated carbocycles. The van der Waals surface area contributed by atoms with Crippen LogP contribution in [0.1, 0.15) is 48.2 Å². The Labute approximate surface area is 186 Å². The summed E-state index contributed by atoms with van der Waals surface area (Å²) in [5.41, 5.74) is 8.65. The molecule has 32 heavy (non-hydrogen) atoms. The second kappa shape index (κ2) is 12.0. The zero-order valence-corrected chi connectivity index (χ0v) is 18.2. The number of fused-ring (bicyclic) bond motifs is 1. The SMILES string of the molecule is CC#CC.Nc1cc2[nH]cc(CCc3ccc(C(=O)NCCCC(=O)O)cc3)c2c(=O)[nH]1. The van der Waals surface area contributed by atoms with Gasteiger partial charge in [0.15, 0.2) is 0 Å². The predicted molar refractivity (Wildman–Crippen MR) is 126 cm³/mol. The van der Waals surface area contributed by atoms with Gasteiger partial charge in [0.2, 0.25) is 0 Å². The van der Waals surface area contributed by atoms with Gasteiger partial charge in [-0.25, -0.2) is 0 Å². The Morgan fingerprint density at radius 2 is 1.81 bits per heavy atom. The zero-order valence-electron chi connectivity index (χ0n) is 18.2. The number of benzene rings is 1. The van der Waals surface area contributed by atoms with Crippen LogP contribution in [0.15, 0.2) is 41.3 Å². The lowest BCUT2D eigenvalue weighted by atomic mass is 10.0. The molecule has 1 amide bonds. The zero-order chi connectivity index (χ0) is 23.5. The molecule has 8 heteroatoms. The lowest BCUT2D eigenvalue weighted by Gasteiger charge is -2.06. The van der Waals surface area contributed by atoms with E-state index in [9.17, 15) is 14.4 Å². The number of aryl methyl sites for hydroxylation is 2. The second-order valence-corrected chi connectivity index (χ2v) is 7.11. The number of rotatable bonds is 8. The van der Waals surface area contributed by atoms with E-state index in [1.807, 2.05) is 32.2 Å². The Morgan fingerprint density at radius 3 is 2.44 bits per heavy atom. The number of hydrogen-bond acceptors (Lipinski definition) is 4. The molecule has 2 heterocycles. The molecule has 0 atom stereocenters. The number of aliphatic carboxylic acids is 1. The summed E-state index contributed by atoms with van der Waals surface area (Å²) in [6.07, 6.45) is 3.64. The monoisotopic (exact) mass is 436 g/mol. The van der Waals surface area contributed by atoms with E-state index < -0.39 is 5.97 Å². The van der Waals surface area contributed by atoms with Gasteiger partial charge in [-0.2, -0.15) is 0 Å². The molecule has 0 radical (unpaired) electrons. The Hall–Kier alpha value is -3.99. The highest BCUT2D eigenvalue weighted by molar-refractivity contribution is 5.94. The number of anilines is 1. The first kappa shape index (κ1) is 24.3. The van der Waals surface area contributed by atoms with Gasteiger partial charge in [0.05, 0.1) is 10.9 Å². The van der Waals surface area contributed by atoms with Gasteiger partial charge in [0, 0.05) is 30.8 Å². The van der Waals surface area contributed by atoms with Gasteiger partial charge in [-0.1, -0.05) is 12.1 Å². The summed E-state index contributed by atoms with van der Waals surface area (Å²) < 4.78 is 0. The molecule has 0 fully saturated rings. The van der Waals surface area contributed by atoms with Crippen molar-refractivity contribution in [2.24, 2.45) is 0 Å². The van der Waals surface area contributed by atoms with Gasteiger partial charge in [0.1, 0.15) is 5.82 Å². The molecule has 1 aromatic carbocycles. The minimum Gasteiger partial charge on any atom is -0.481 e. The lowest BCUT2D eigenvalue weighted by molar-refractivity contribution is -0.137. The minimum absolute atomic E-state index is 0.0302. The maximum Gasteiger partial charge on any atom is 0.303 e. The van der Waals surface area contributed by atoms with Crippen molar-refractivity contribution in [1.29, 1.82) is 0 Å². The standard InChI is InChI=1S/C20H22N4O4.C4H6/c21-16-10-15-18(20(28)24-16)14(11-23-15)8-5-12-3-6-13(7-4-12)19(27)22-9-1-2-17(25)26;1-3-4-2/h3-4,6-7,10-11,23H,1-2,5,8-9H2,(H,22,27)(H,25,26)(H3,21,24,28);1-2H3. The quantitative estimate of drug-likeness (QED) is 0.273. The van der Waals surface area contributed by atoms with E-state index in [-0.39, 0.29) is 17.9 Å². The van der Waals surface area contributed by atoms with Crippen LogP contribution in [0.2, 0.25) is 0 Å². The molecule has 0 aliphatic carbocycles. The van der Waals surface area contributed by atoms with E-state index in [0.29, 0.717) is 41.7 Å². The van der Waals surface area contributed by atoms with E-state index in [4.69, 9.17) is 10.8 Å². The number of nitrogens with two attached hydrogens (primary N) is 1. The molecular formula is C24H28N4O4. The number of amides is 1. The number of nitrogen functional groups attached to an aromatic ring is 1. The number of carbonyl (C=O) groups excluding carboxylic acids is 1. The van der Waals surface area contributed by atoms with Crippen LogP contribution in [0, 0.1) is 11.8 Å². The Morgan fingerprint density at radius 1 is 1.12 bits per heavy atom. The van der Waals surface area contributed by atoms with Crippen LogP contribution in [0.25, 0.3) is 10.9 Å². The average molecular weight is 437 g/mol. The van der Waals surface area contributed by atoms with Crippen molar-refractivity contribution in [2.45, 2.75) is 39.5 Å². The highest BCUT2D eigenvalue weighted by atomic mass is 16.4. The van der Waals surface area contributed by atoms with Crippen molar-refractivity contribution in [3.05, 3.63) is 63.6 Å². The number of hydrogen-bond donors (Lipinski definition) is 5. The van der Waals surface area contributed by atoms with Crippen LogP contribution >= 0.6 is 0 Å². The first-order valence-corrected chi connectivity index (χ1v) is 10.3. The van der Waals surface area contributed by atoms with Crippen molar-refractivity contribution < 1.29 is 14.7 Å². The second-order valence-electron chi connectivity index (χ2n) is 7.11. The van der Waals surface area contributed by atoms with Gasteiger partial charge >= 0.3 is 5.97 Å². The molecule has 168 valence electrons. The van der Waals surface area contributed by atoms with E-state index >= 15 is 0 Å². The van der Waals surface area contributed by atoms with E-state index in [1.54, 1.807) is 18.2 Å². The molecule has 0 aliphatic rings. The fourth-order valence-electron chi connectivity index (χ4n) is 3.09. The molecule has 0 saturated heterocycles. The first-order valence-electron chi connectivity index (χ1n) is 10.3. The normalized spacial score (nSPS) is 9.94. The number of carbonyl (C=O) groups is 2. The topological polar surface area (TPSA) is 141 Å².